The minimum absolute atomic E-state index is 0.723. The number of azide groups is 1. The highest BCUT2D eigenvalue weighted by molar-refractivity contribution is 6.18. The standard InChI is InChI=1S/C21H15N3/c22-24-23-21(18-14-8-3-9-15-18)19(16-10-4-1-5-11-16)20(21)17-12-6-2-7-13-17/h1-15H. The van der Waals surface area contributed by atoms with Crippen molar-refractivity contribution in [3.8, 4) is 0 Å². The molecular formula is C21H15N3. The summed E-state index contributed by atoms with van der Waals surface area (Å²) in [5.41, 5.74) is 13.9. The van der Waals surface area contributed by atoms with Crippen LogP contribution in [0, 0.1) is 0 Å². The molecule has 0 bridgehead atoms. The van der Waals surface area contributed by atoms with Gasteiger partial charge in [0.15, 0.2) is 0 Å². The fourth-order valence-electron chi connectivity index (χ4n) is 3.38. The summed E-state index contributed by atoms with van der Waals surface area (Å²) in [6.07, 6.45) is 0. The molecule has 0 spiro atoms. The van der Waals surface area contributed by atoms with E-state index in [0.29, 0.717) is 0 Å². The molecule has 0 saturated carbocycles. The molecule has 0 aliphatic heterocycles. The topological polar surface area (TPSA) is 48.8 Å². The van der Waals surface area contributed by atoms with Crippen LogP contribution in [0.25, 0.3) is 21.6 Å². The number of nitrogens with zero attached hydrogens (tertiary/aromatic N) is 3. The summed E-state index contributed by atoms with van der Waals surface area (Å²) in [6.45, 7) is 0. The molecule has 0 N–H and O–H groups in total. The van der Waals surface area contributed by atoms with Crippen LogP contribution in [0.15, 0.2) is 96.1 Å². The van der Waals surface area contributed by atoms with E-state index in [2.05, 4.69) is 34.3 Å². The average Bonchev–Trinajstić information content (AvgIpc) is 3.34. The Balaban J connectivity index is 1.96. The lowest BCUT2D eigenvalue weighted by Crippen LogP contribution is -2.09. The van der Waals surface area contributed by atoms with Gasteiger partial charge in [0.05, 0.1) is 0 Å². The summed E-state index contributed by atoms with van der Waals surface area (Å²) in [5, 5.41) is 4.26. The highest BCUT2D eigenvalue weighted by Crippen LogP contribution is 2.65. The summed E-state index contributed by atoms with van der Waals surface area (Å²) in [6, 6.07) is 30.3. The molecule has 0 fully saturated rings. The predicted molar refractivity (Wildman–Crippen MR) is 97.0 cm³/mol. The van der Waals surface area contributed by atoms with E-state index in [1.165, 1.54) is 0 Å². The van der Waals surface area contributed by atoms with Gasteiger partial charge in [-0.2, -0.15) is 0 Å². The molecule has 1 aliphatic rings. The zero-order valence-corrected chi connectivity index (χ0v) is 13.0. The van der Waals surface area contributed by atoms with E-state index in [4.69, 9.17) is 0 Å². The van der Waals surface area contributed by atoms with Gasteiger partial charge < -0.3 is 0 Å². The second-order valence-corrected chi connectivity index (χ2v) is 5.75. The van der Waals surface area contributed by atoms with Gasteiger partial charge in [0, 0.05) is 4.91 Å². The van der Waals surface area contributed by atoms with E-state index in [-0.39, 0.29) is 0 Å². The van der Waals surface area contributed by atoms with Crippen LogP contribution in [0.2, 0.25) is 0 Å². The predicted octanol–water partition coefficient (Wildman–Crippen LogP) is 5.82. The quantitative estimate of drug-likeness (QED) is 0.331. The van der Waals surface area contributed by atoms with Crippen molar-refractivity contribution in [3.05, 3.63) is 118 Å². The van der Waals surface area contributed by atoms with Crippen LogP contribution in [-0.4, -0.2) is 0 Å². The monoisotopic (exact) mass is 309 g/mol. The summed E-state index contributed by atoms with van der Waals surface area (Å²) < 4.78 is 0. The van der Waals surface area contributed by atoms with Gasteiger partial charge in [-0.05, 0) is 33.4 Å². The van der Waals surface area contributed by atoms with Crippen LogP contribution in [-0.2, 0) is 5.54 Å². The van der Waals surface area contributed by atoms with Crippen molar-refractivity contribution in [2.45, 2.75) is 5.54 Å². The molecule has 24 heavy (non-hydrogen) atoms. The van der Waals surface area contributed by atoms with E-state index in [1.807, 2.05) is 66.7 Å². The first-order valence-electron chi connectivity index (χ1n) is 7.86. The summed E-state index contributed by atoms with van der Waals surface area (Å²) >= 11 is 0. The maximum atomic E-state index is 9.26. The van der Waals surface area contributed by atoms with Crippen LogP contribution in [0.5, 0.6) is 0 Å². The Bertz CT molecular complexity index is 889. The third-order valence-corrected chi connectivity index (χ3v) is 4.42. The molecule has 0 aromatic heterocycles. The van der Waals surface area contributed by atoms with Crippen molar-refractivity contribution in [1.82, 2.24) is 0 Å². The summed E-state index contributed by atoms with van der Waals surface area (Å²) in [7, 11) is 0. The second-order valence-electron chi connectivity index (χ2n) is 5.75. The highest BCUT2D eigenvalue weighted by Gasteiger charge is 2.55. The van der Waals surface area contributed by atoms with Gasteiger partial charge in [-0.15, -0.1) is 0 Å². The lowest BCUT2D eigenvalue weighted by molar-refractivity contribution is 0.831. The maximum Gasteiger partial charge on any atom is 0.126 e. The molecule has 0 unspecified atom stereocenters. The van der Waals surface area contributed by atoms with Gasteiger partial charge in [-0.1, -0.05) is 96.1 Å². The van der Waals surface area contributed by atoms with Gasteiger partial charge in [0.25, 0.3) is 0 Å². The Morgan fingerprint density at radius 3 is 1.46 bits per heavy atom. The Morgan fingerprint density at radius 2 is 1.04 bits per heavy atom. The zero-order valence-electron chi connectivity index (χ0n) is 13.0. The van der Waals surface area contributed by atoms with Gasteiger partial charge in [0.2, 0.25) is 0 Å². The van der Waals surface area contributed by atoms with Crippen LogP contribution >= 0.6 is 0 Å². The fraction of sp³-hybridized carbons (Fsp3) is 0.0476. The SMILES string of the molecule is [N-]=[N+]=NC1(c2ccccc2)C(c2ccccc2)=C1c1ccccc1. The molecule has 0 radical (unpaired) electrons. The van der Waals surface area contributed by atoms with Crippen LogP contribution < -0.4 is 0 Å². The zero-order chi connectivity index (χ0) is 16.4. The Morgan fingerprint density at radius 1 is 0.625 bits per heavy atom. The molecular weight excluding hydrogens is 294 g/mol. The molecule has 3 heteroatoms. The third-order valence-electron chi connectivity index (χ3n) is 4.42. The lowest BCUT2D eigenvalue weighted by Gasteiger charge is -2.15. The molecule has 0 atom stereocenters. The van der Waals surface area contributed by atoms with E-state index < -0.39 is 5.54 Å². The number of hydrogen-bond acceptors (Lipinski definition) is 1. The fourth-order valence-corrected chi connectivity index (χ4v) is 3.38. The Labute approximate surface area is 140 Å². The average molecular weight is 309 g/mol. The number of rotatable bonds is 4. The van der Waals surface area contributed by atoms with Crippen molar-refractivity contribution in [3.63, 3.8) is 0 Å². The van der Waals surface area contributed by atoms with Gasteiger partial charge in [0.1, 0.15) is 5.54 Å². The highest BCUT2D eigenvalue weighted by atomic mass is 15.2. The molecule has 0 heterocycles. The third kappa shape index (κ3) is 2.11. The summed E-state index contributed by atoms with van der Waals surface area (Å²) in [4.78, 5) is 3.18. The van der Waals surface area contributed by atoms with Crippen molar-refractivity contribution in [2.24, 2.45) is 5.11 Å². The summed E-state index contributed by atoms with van der Waals surface area (Å²) in [5.74, 6) is 0. The lowest BCUT2D eigenvalue weighted by atomic mass is 9.94. The molecule has 3 nitrogen and oxygen atoms in total. The minimum Gasteiger partial charge on any atom is -0.0729 e. The van der Waals surface area contributed by atoms with Gasteiger partial charge in [-0.25, -0.2) is 0 Å². The number of hydrogen-bond donors (Lipinski definition) is 0. The Kier molecular flexibility index (Phi) is 3.42. The normalized spacial score (nSPS) is 14.8. The maximum absolute atomic E-state index is 9.26. The smallest absolute Gasteiger partial charge is 0.0729 e. The van der Waals surface area contributed by atoms with Crippen LogP contribution in [0.1, 0.15) is 16.7 Å². The largest absolute Gasteiger partial charge is 0.126 e. The van der Waals surface area contributed by atoms with E-state index in [0.717, 1.165) is 27.8 Å². The first kappa shape index (κ1) is 14.3. The van der Waals surface area contributed by atoms with Crippen molar-refractivity contribution in [1.29, 1.82) is 0 Å². The van der Waals surface area contributed by atoms with Crippen molar-refractivity contribution < 1.29 is 0 Å². The first-order chi connectivity index (χ1) is 11.9. The van der Waals surface area contributed by atoms with Gasteiger partial charge in [-0.3, -0.25) is 0 Å². The minimum atomic E-state index is -0.723. The molecule has 1 aliphatic carbocycles. The van der Waals surface area contributed by atoms with Crippen LogP contribution in [0.4, 0.5) is 0 Å². The molecule has 114 valence electrons. The second kappa shape index (κ2) is 5.73. The molecule has 0 amide bonds. The molecule has 3 aromatic rings. The van der Waals surface area contributed by atoms with E-state index in [9.17, 15) is 5.53 Å². The molecule has 3 aromatic carbocycles. The number of benzene rings is 3. The van der Waals surface area contributed by atoms with E-state index in [1.54, 1.807) is 0 Å². The first-order valence-corrected chi connectivity index (χ1v) is 7.86. The molecule has 4 rings (SSSR count). The molecule has 0 saturated heterocycles. The Hall–Kier alpha value is -3.29. The van der Waals surface area contributed by atoms with Gasteiger partial charge >= 0.3 is 0 Å². The van der Waals surface area contributed by atoms with Crippen molar-refractivity contribution in [2.75, 3.05) is 0 Å². The van der Waals surface area contributed by atoms with E-state index >= 15 is 0 Å². The van der Waals surface area contributed by atoms with Crippen molar-refractivity contribution >= 4 is 11.1 Å². The van der Waals surface area contributed by atoms with Crippen LogP contribution in [0.3, 0.4) is 0 Å².